The number of benzene rings is 1. The number of nitrogens with two attached hydrogens (primary N) is 2. The fraction of sp³-hybridized carbons (Fsp3) is 0.375. The van der Waals surface area contributed by atoms with Crippen molar-refractivity contribution in [2.75, 3.05) is 37.4 Å². The Bertz CT molecular complexity index is 1320. The predicted molar refractivity (Wildman–Crippen MR) is 132 cm³/mol. The van der Waals surface area contributed by atoms with Crippen LogP contribution < -0.4 is 16.8 Å². The number of hydrogen-bond acceptors (Lipinski definition) is 6. The molecule has 5 N–H and O–H groups in total. The second kappa shape index (κ2) is 7.87. The van der Waals surface area contributed by atoms with Crippen LogP contribution in [0.15, 0.2) is 24.5 Å². The molecule has 8 nitrogen and oxygen atoms in total. The normalized spacial score (nSPS) is 21.0. The fourth-order valence-electron chi connectivity index (χ4n) is 5.32. The van der Waals surface area contributed by atoms with Crippen LogP contribution >= 0.6 is 11.6 Å². The molecule has 178 valence electrons. The molecule has 34 heavy (non-hydrogen) atoms. The summed E-state index contributed by atoms with van der Waals surface area (Å²) in [5.74, 6) is 0.171. The molecule has 2 aliphatic rings. The summed E-state index contributed by atoms with van der Waals surface area (Å²) in [6.07, 6.45) is 5.88. The van der Waals surface area contributed by atoms with E-state index in [2.05, 4.69) is 15.4 Å². The Morgan fingerprint density at radius 1 is 1.29 bits per heavy atom. The third-order valence-electron chi connectivity index (χ3n) is 7.18. The Morgan fingerprint density at radius 3 is 2.74 bits per heavy atom. The number of rotatable bonds is 3. The van der Waals surface area contributed by atoms with Gasteiger partial charge in [0.2, 0.25) is 0 Å². The topological polar surface area (TPSA) is 115 Å². The summed E-state index contributed by atoms with van der Waals surface area (Å²) in [5, 5.41) is 8.30. The van der Waals surface area contributed by atoms with Crippen molar-refractivity contribution in [1.82, 2.24) is 19.7 Å². The van der Waals surface area contributed by atoms with Gasteiger partial charge in [-0.2, -0.15) is 5.10 Å². The number of fused-ring (bicyclic) bond motifs is 2. The van der Waals surface area contributed by atoms with Crippen molar-refractivity contribution < 1.29 is 9.18 Å². The Balaban J connectivity index is 1.58. The average molecular weight is 484 g/mol. The number of aromatic nitrogens is 3. The summed E-state index contributed by atoms with van der Waals surface area (Å²) >= 11 is 6.97. The minimum Gasteiger partial charge on any atom is -0.398 e. The number of nitrogen functional groups attached to an aromatic ring is 2. The Morgan fingerprint density at radius 2 is 2.06 bits per heavy atom. The highest BCUT2D eigenvalue weighted by atomic mass is 35.5. The second-order valence-corrected chi connectivity index (χ2v) is 9.87. The van der Waals surface area contributed by atoms with Gasteiger partial charge >= 0.3 is 0 Å². The fourth-order valence-corrected chi connectivity index (χ4v) is 5.76. The maximum Gasteiger partial charge on any atom is 0.258 e. The van der Waals surface area contributed by atoms with E-state index >= 15 is 4.39 Å². The molecule has 1 amide bonds. The SMILES string of the molecule is Cc1cnn([C@H]2CC[C@]3(CNc4ncc(-c5ccc(N)c(C(=O)N(C)C)c5F)c(Cl)c43)C2)c1N. The highest BCUT2D eigenvalue weighted by Crippen LogP contribution is 2.55. The molecule has 3 heterocycles. The van der Waals surface area contributed by atoms with E-state index in [4.69, 9.17) is 23.1 Å². The van der Waals surface area contributed by atoms with Crippen LogP contribution in [0.1, 0.15) is 46.8 Å². The lowest BCUT2D eigenvalue weighted by atomic mass is 9.80. The molecule has 2 aromatic heterocycles. The maximum absolute atomic E-state index is 15.6. The van der Waals surface area contributed by atoms with Crippen LogP contribution in [-0.4, -0.2) is 46.2 Å². The lowest BCUT2D eigenvalue weighted by molar-refractivity contribution is 0.0824. The molecule has 10 heteroatoms. The van der Waals surface area contributed by atoms with Gasteiger partial charge in [0.1, 0.15) is 17.5 Å². The number of hydrogen-bond donors (Lipinski definition) is 3. The van der Waals surface area contributed by atoms with Gasteiger partial charge in [-0.05, 0) is 38.3 Å². The number of amides is 1. The van der Waals surface area contributed by atoms with Crippen molar-refractivity contribution in [2.24, 2.45) is 0 Å². The Labute approximate surface area is 202 Å². The van der Waals surface area contributed by atoms with Crippen molar-refractivity contribution in [2.45, 2.75) is 37.6 Å². The molecule has 3 aromatic rings. The molecule has 1 saturated carbocycles. The number of pyridine rings is 1. The van der Waals surface area contributed by atoms with Gasteiger partial charge in [-0.15, -0.1) is 0 Å². The number of nitrogens with one attached hydrogen (secondary N) is 1. The lowest BCUT2D eigenvalue weighted by Crippen LogP contribution is -2.26. The van der Waals surface area contributed by atoms with Crippen LogP contribution in [0.4, 0.5) is 21.7 Å². The monoisotopic (exact) mass is 483 g/mol. The van der Waals surface area contributed by atoms with Crippen LogP contribution in [0.5, 0.6) is 0 Å². The van der Waals surface area contributed by atoms with Crippen molar-refractivity contribution in [3.05, 3.63) is 52.1 Å². The molecule has 1 fully saturated rings. The van der Waals surface area contributed by atoms with Crippen molar-refractivity contribution >= 4 is 34.8 Å². The van der Waals surface area contributed by atoms with Gasteiger partial charge in [0.15, 0.2) is 0 Å². The van der Waals surface area contributed by atoms with E-state index in [0.717, 1.165) is 30.4 Å². The van der Waals surface area contributed by atoms with Crippen LogP contribution in [0.3, 0.4) is 0 Å². The van der Waals surface area contributed by atoms with Crippen molar-refractivity contribution in [1.29, 1.82) is 0 Å². The molecular formula is C24H27ClFN7O. The molecule has 0 unspecified atom stereocenters. The van der Waals surface area contributed by atoms with Crippen LogP contribution in [-0.2, 0) is 5.41 Å². The molecule has 1 spiro atoms. The number of aryl methyl sites for hydroxylation is 1. The van der Waals surface area contributed by atoms with Gasteiger partial charge in [0, 0.05) is 60.2 Å². The molecule has 0 radical (unpaired) electrons. The van der Waals surface area contributed by atoms with Crippen molar-refractivity contribution in [3.63, 3.8) is 0 Å². The molecule has 5 rings (SSSR count). The smallest absolute Gasteiger partial charge is 0.258 e. The van der Waals surface area contributed by atoms with Gasteiger partial charge in [-0.3, -0.25) is 4.79 Å². The first-order valence-electron chi connectivity index (χ1n) is 11.2. The zero-order chi connectivity index (χ0) is 24.4. The van der Waals surface area contributed by atoms with E-state index in [9.17, 15) is 4.79 Å². The second-order valence-electron chi connectivity index (χ2n) is 9.49. The van der Waals surface area contributed by atoms with Crippen LogP contribution in [0.25, 0.3) is 11.1 Å². The van der Waals surface area contributed by atoms with Crippen molar-refractivity contribution in [3.8, 4) is 11.1 Å². The largest absolute Gasteiger partial charge is 0.398 e. The standard InChI is InChI=1S/C24H27ClFN7O/c1-12-9-31-33(21(12)28)13-6-7-24(8-13)11-30-22-18(24)19(25)15(10-29-22)14-4-5-16(27)17(20(14)26)23(34)32(2)3/h4-5,9-10,13H,6-8,11,27-28H2,1-3H3,(H,29,30)/t13-,24+/m0/s1. The maximum atomic E-state index is 15.6. The highest BCUT2D eigenvalue weighted by Gasteiger charge is 2.48. The molecule has 1 aromatic carbocycles. The molecular weight excluding hydrogens is 457 g/mol. The summed E-state index contributed by atoms with van der Waals surface area (Å²) in [6.45, 7) is 2.63. The minimum atomic E-state index is -0.702. The number of carbonyl (C=O) groups excluding carboxylic acids is 1. The number of halogens is 2. The summed E-state index contributed by atoms with van der Waals surface area (Å²) < 4.78 is 17.5. The van der Waals surface area contributed by atoms with Crippen LogP contribution in [0, 0.1) is 12.7 Å². The first-order chi connectivity index (χ1) is 16.1. The first-order valence-corrected chi connectivity index (χ1v) is 11.5. The van der Waals surface area contributed by atoms with E-state index in [1.165, 1.54) is 11.0 Å². The van der Waals surface area contributed by atoms with Gasteiger partial charge < -0.3 is 21.7 Å². The van der Waals surface area contributed by atoms with E-state index in [-0.39, 0.29) is 28.3 Å². The highest BCUT2D eigenvalue weighted by molar-refractivity contribution is 6.34. The third kappa shape index (κ3) is 3.21. The van der Waals surface area contributed by atoms with E-state index in [0.29, 0.717) is 28.8 Å². The number of nitrogens with zero attached hydrogens (tertiary/aromatic N) is 4. The lowest BCUT2D eigenvalue weighted by Gasteiger charge is -2.25. The molecule has 0 saturated heterocycles. The molecule has 1 aliphatic carbocycles. The minimum absolute atomic E-state index is 0.0778. The zero-order valence-electron chi connectivity index (χ0n) is 19.3. The van der Waals surface area contributed by atoms with E-state index < -0.39 is 11.7 Å². The first kappa shape index (κ1) is 22.5. The van der Waals surface area contributed by atoms with Gasteiger partial charge in [-0.1, -0.05) is 11.6 Å². The Kier molecular flexibility index (Phi) is 5.20. The number of carbonyl (C=O) groups is 1. The summed E-state index contributed by atoms with van der Waals surface area (Å²) in [4.78, 5) is 18.4. The summed E-state index contributed by atoms with van der Waals surface area (Å²) in [5.41, 5.74) is 14.3. The average Bonchev–Trinajstić information content (AvgIpc) is 3.48. The summed E-state index contributed by atoms with van der Waals surface area (Å²) in [6, 6.07) is 3.21. The predicted octanol–water partition coefficient (Wildman–Crippen LogP) is 4.00. The Hall–Kier alpha value is -3.33. The molecule has 2 atom stereocenters. The molecule has 0 bridgehead atoms. The zero-order valence-corrected chi connectivity index (χ0v) is 20.1. The van der Waals surface area contributed by atoms with Gasteiger partial charge in [0.05, 0.1) is 22.8 Å². The van der Waals surface area contributed by atoms with Gasteiger partial charge in [0.25, 0.3) is 5.91 Å². The third-order valence-corrected chi connectivity index (χ3v) is 7.57. The van der Waals surface area contributed by atoms with Crippen LogP contribution in [0.2, 0.25) is 5.02 Å². The van der Waals surface area contributed by atoms with E-state index in [1.54, 1.807) is 32.6 Å². The number of anilines is 3. The van der Waals surface area contributed by atoms with Gasteiger partial charge in [-0.25, -0.2) is 14.1 Å². The summed E-state index contributed by atoms with van der Waals surface area (Å²) in [7, 11) is 3.11. The quantitative estimate of drug-likeness (QED) is 0.485. The van der Waals surface area contributed by atoms with E-state index in [1.807, 2.05) is 11.6 Å². The molecule has 1 aliphatic heterocycles.